The first-order valence-electron chi connectivity index (χ1n) is 11.9. The molecule has 0 amide bonds. The van der Waals surface area contributed by atoms with Crippen LogP contribution >= 0.6 is 0 Å². The molecule has 0 spiro atoms. The van der Waals surface area contributed by atoms with Crippen molar-refractivity contribution >= 4 is 0 Å². The minimum Gasteiger partial charge on any atom is -0.313 e. The van der Waals surface area contributed by atoms with Gasteiger partial charge in [-0.3, -0.25) is 0 Å². The number of nitrogens with one attached hydrogen (secondary N) is 1. The Hall–Kier alpha value is -3.29. The number of aromatic nitrogens is 8. The molecule has 0 unspecified atom stereocenters. The van der Waals surface area contributed by atoms with Gasteiger partial charge >= 0.3 is 0 Å². The Balaban J connectivity index is 1.62. The molecule has 3 heterocycles. The molecule has 0 saturated carbocycles. The molecule has 3 aromatic heterocycles. The fourth-order valence-corrected chi connectivity index (χ4v) is 4.08. The third-order valence-electron chi connectivity index (χ3n) is 5.82. The van der Waals surface area contributed by atoms with Crippen molar-refractivity contribution in [3.05, 3.63) is 59.3 Å². The minimum atomic E-state index is -0.0423. The fraction of sp³-hybridized carbons (Fsp3) is 0.480. The molecule has 0 aliphatic heterocycles. The van der Waals surface area contributed by atoms with Gasteiger partial charge in [-0.2, -0.15) is 10.3 Å². The molecular weight excluding hydrogens is 412 g/mol. The Kier molecular flexibility index (Phi) is 6.72. The number of unbranched alkanes of at least 4 members (excludes halogenated alkanes) is 1. The van der Waals surface area contributed by atoms with Crippen LogP contribution < -0.4 is 0 Å². The summed E-state index contributed by atoms with van der Waals surface area (Å²) >= 11 is 0. The normalized spacial score (nSPS) is 11.9. The smallest absolute Gasteiger partial charge is 0.221 e. The molecule has 1 aromatic carbocycles. The van der Waals surface area contributed by atoms with E-state index >= 15 is 0 Å². The molecule has 8 nitrogen and oxygen atoms in total. The molecule has 0 fully saturated rings. The maximum Gasteiger partial charge on any atom is 0.221 e. The van der Waals surface area contributed by atoms with Crippen molar-refractivity contribution in [3.8, 4) is 17.2 Å². The van der Waals surface area contributed by atoms with Gasteiger partial charge in [0.15, 0.2) is 5.82 Å². The van der Waals surface area contributed by atoms with E-state index in [0.717, 1.165) is 61.7 Å². The molecule has 8 heteroatoms. The van der Waals surface area contributed by atoms with Gasteiger partial charge < -0.3 is 4.57 Å². The van der Waals surface area contributed by atoms with Crippen LogP contribution in [0.4, 0.5) is 0 Å². The second-order valence-electron chi connectivity index (χ2n) is 9.56. The summed E-state index contributed by atoms with van der Waals surface area (Å²) in [5.41, 5.74) is 4.37. The van der Waals surface area contributed by atoms with Crippen LogP contribution in [-0.4, -0.2) is 40.0 Å². The van der Waals surface area contributed by atoms with Crippen LogP contribution in [0.1, 0.15) is 76.7 Å². The number of benzene rings is 1. The van der Waals surface area contributed by atoms with Gasteiger partial charge in [0.2, 0.25) is 5.82 Å². The minimum absolute atomic E-state index is 0.0423. The highest BCUT2D eigenvalue weighted by molar-refractivity contribution is 5.62. The summed E-state index contributed by atoms with van der Waals surface area (Å²) in [5.74, 6) is 2.64. The Morgan fingerprint density at radius 3 is 2.39 bits per heavy atom. The number of tetrazole rings is 1. The van der Waals surface area contributed by atoms with E-state index in [0.29, 0.717) is 5.82 Å². The highest BCUT2D eigenvalue weighted by Crippen LogP contribution is 2.34. The van der Waals surface area contributed by atoms with E-state index < -0.39 is 0 Å². The van der Waals surface area contributed by atoms with Gasteiger partial charge in [-0.25, -0.2) is 9.67 Å². The number of hydrogen-bond donors (Lipinski definition) is 1. The average molecular weight is 447 g/mol. The van der Waals surface area contributed by atoms with Crippen LogP contribution in [0.15, 0.2) is 36.5 Å². The zero-order valence-electron chi connectivity index (χ0n) is 20.3. The maximum absolute atomic E-state index is 4.79. The van der Waals surface area contributed by atoms with E-state index in [1.54, 1.807) is 0 Å². The number of H-pyrrole nitrogens is 1. The van der Waals surface area contributed by atoms with Crippen LogP contribution in [0.2, 0.25) is 0 Å². The lowest BCUT2D eigenvalue weighted by Gasteiger charge is -2.19. The number of aryl methyl sites for hydroxylation is 2. The van der Waals surface area contributed by atoms with Gasteiger partial charge in [0, 0.05) is 24.7 Å². The topological polar surface area (TPSA) is 90.1 Å². The van der Waals surface area contributed by atoms with Crippen molar-refractivity contribution in [2.24, 2.45) is 0 Å². The quantitative estimate of drug-likeness (QED) is 0.395. The lowest BCUT2D eigenvalue weighted by Crippen LogP contribution is -2.13. The zero-order valence-corrected chi connectivity index (χ0v) is 20.3. The van der Waals surface area contributed by atoms with Crippen molar-refractivity contribution in [2.75, 3.05) is 0 Å². The standard InChI is InChI=1S/C25H34N8/c1-6-8-10-22-26-21(9-7-2)29-33(22)17-18-11-13-19(14-12-18)32-16-15-20(25(3,4)5)23(32)24-27-30-31-28-24/h11-16H,6-10,17H2,1-5H3,(H,27,28,30,31). The molecule has 0 radical (unpaired) electrons. The summed E-state index contributed by atoms with van der Waals surface area (Å²) in [5, 5.41) is 19.7. The Morgan fingerprint density at radius 1 is 0.970 bits per heavy atom. The molecule has 1 N–H and O–H groups in total. The predicted molar refractivity (Wildman–Crippen MR) is 129 cm³/mol. The Bertz CT molecular complexity index is 1160. The highest BCUT2D eigenvalue weighted by atomic mass is 15.5. The summed E-state index contributed by atoms with van der Waals surface area (Å²) in [4.78, 5) is 4.79. The molecule has 0 aliphatic carbocycles. The summed E-state index contributed by atoms with van der Waals surface area (Å²) < 4.78 is 4.21. The van der Waals surface area contributed by atoms with Crippen LogP contribution in [-0.2, 0) is 24.8 Å². The van der Waals surface area contributed by atoms with Crippen LogP contribution in [0.25, 0.3) is 17.2 Å². The second kappa shape index (κ2) is 9.68. The lowest BCUT2D eigenvalue weighted by atomic mass is 9.87. The number of aromatic amines is 1. The van der Waals surface area contributed by atoms with Crippen LogP contribution in [0.5, 0.6) is 0 Å². The molecule has 0 aliphatic rings. The molecule has 0 saturated heterocycles. The molecule has 174 valence electrons. The first kappa shape index (κ1) is 22.9. The van der Waals surface area contributed by atoms with Crippen LogP contribution in [0, 0.1) is 0 Å². The molecule has 0 atom stereocenters. The molecule has 4 aromatic rings. The highest BCUT2D eigenvalue weighted by Gasteiger charge is 2.25. The molecule has 4 rings (SSSR count). The zero-order chi connectivity index (χ0) is 23.4. The Labute approximate surface area is 195 Å². The van der Waals surface area contributed by atoms with E-state index in [1.807, 2.05) is 0 Å². The SMILES string of the molecule is CCCCc1nc(CCC)nn1Cc1ccc(-n2ccc(C(C)(C)C)c2-c2nn[nH]n2)cc1. The molecular formula is C25H34N8. The first-order valence-corrected chi connectivity index (χ1v) is 11.9. The predicted octanol–water partition coefficient (Wildman–Crippen LogP) is 4.89. The molecule has 0 bridgehead atoms. The van der Waals surface area contributed by atoms with Gasteiger partial charge in [-0.15, -0.1) is 10.2 Å². The van der Waals surface area contributed by atoms with E-state index in [-0.39, 0.29) is 5.41 Å². The third-order valence-corrected chi connectivity index (χ3v) is 5.82. The van der Waals surface area contributed by atoms with E-state index in [4.69, 9.17) is 10.1 Å². The summed E-state index contributed by atoms with van der Waals surface area (Å²) in [7, 11) is 0. The lowest BCUT2D eigenvalue weighted by molar-refractivity contribution is 0.591. The molecule has 33 heavy (non-hydrogen) atoms. The summed E-state index contributed by atoms with van der Waals surface area (Å²) in [6.45, 7) is 11.7. The fourth-order valence-electron chi connectivity index (χ4n) is 4.08. The largest absolute Gasteiger partial charge is 0.313 e. The number of hydrogen-bond acceptors (Lipinski definition) is 5. The summed E-state index contributed by atoms with van der Waals surface area (Å²) in [6, 6.07) is 10.7. The van der Waals surface area contributed by atoms with Gasteiger partial charge in [-0.05, 0) is 52.8 Å². The summed E-state index contributed by atoms with van der Waals surface area (Å²) in [6.07, 6.45) is 7.32. The van der Waals surface area contributed by atoms with E-state index in [9.17, 15) is 0 Å². The number of rotatable bonds is 9. The van der Waals surface area contributed by atoms with Crippen molar-refractivity contribution in [1.29, 1.82) is 0 Å². The van der Waals surface area contributed by atoms with Gasteiger partial charge in [0.05, 0.1) is 12.2 Å². The van der Waals surface area contributed by atoms with Crippen molar-refractivity contribution in [3.63, 3.8) is 0 Å². The monoisotopic (exact) mass is 446 g/mol. The Morgan fingerprint density at radius 2 is 1.76 bits per heavy atom. The van der Waals surface area contributed by atoms with Crippen molar-refractivity contribution in [1.82, 2.24) is 40.0 Å². The van der Waals surface area contributed by atoms with Gasteiger partial charge in [0.25, 0.3) is 0 Å². The van der Waals surface area contributed by atoms with E-state index in [2.05, 4.69) is 101 Å². The van der Waals surface area contributed by atoms with Gasteiger partial charge in [0.1, 0.15) is 5.82 Å². The number of nitrogens with zero attached hydrogens (tertiary/aromatic N) is 7. The van der Waals surface area contributed by atoms with Crippen LogP contribution in [0.3, 0.4) is 0 Å². The average Bonchev–Trinajstić information content (AvgIpc) is 3.52. The second-order valence-corrected chi connectivity index (χ2v) is 9.56. The third kappa shape index (κ3) is 5.05. The van der Waals surface area contributed by atoms with E-state index in [1.165, 1.54) is 11.1 Å². The van der Waals surface area contributed by atoms with Crippen molar-refractivity contribution < 1.29 is 0 Å². The first-order chi connectivity index (χ1) is 15.9. The maximum atomic E-state index is 4.79. The van der Waals surface area contributed by atoms with Crippen molar-refractivity contribution in [2.45, 2.75) is 78.7 Å². The van der Waals surface area contributed by atoms with Gasteiger partial charge in [-0.1, -0.05) is 53.2 Å².